The SMILES string of the molecule is CCCCCCCCOc1cnc(-c2ccc(OC(=O)c3cc(F)c(OC)c(F)c3F)cc2)nc1. The lowest BCUT2D eigenvalue weighted by molar-refractivity contribution is 0.0727. The van der Waals surface area contributed by atoms with Crippen molar-refractivity contribution >= 4 is 5.97 Å². The van der Waals surface area contributed by atoms with Gasteiger partial charge in [-0.1, -0.05) is 39.0 Å². The maximum absolute atomic E-state index is 14.1. The smallest absolute Gasteiger partial charge is 0.346 e. The van der Waals surface area contributed by atoms with Gasteiger partial charge >= 0.3 is 5.97 Å². The van der Waals surface area contributed by atoms with Crippen LogP contribution < -0.4 is 14.2 Å². The molecule has 0 bridgehead atoms. The summed E-state index contributed by atoms with van der Waals surface area (Å²) in [4.78, 5) is 20.8. The largest absolute Gasteiger partial charge is 0.491 e. The maximum Gasteiger partial charge on any atom is 0.346 e. The molecule has 3 aromatic rings. The number of rotatable bonds is 12. The number of unbranched alkanes of at least 4 members (excludes halogenated alkanes) is 5. The second-order valence-corrected chi connectivity index (χ2v) is 7.84. The number of carbonyl (C=O) groups is 1. The number of hydrogen-bond acceptors (Lipinski definition) is 6. The van der Waals surface area contributed by atoms with Crippen molar-refractivity contribution < 1.29 is 32.2 Å². The van der Waals surface area contributed by atoms with Crippen molar-refractivity contribution in [1.29, 1.82) is 0 Å². The van der Waals surface area contributed by atoms with E-state index in [-0.39, 0.29) is 5.75 Å². The number of halogens is 3. The summed E-state index contributed by atoms with van der Waals surface area (Å²) in [5, 5.41) is 0. The van der Waals surface area contributed by atoms with Crippen LogP contribution in [0, 0.1) is 17.5 Å². The normalized spacial score (nSPS) is 10.8. The summed E-state index contributed by atoms with van der Waals surface area (Å²) in [5.74, 6) is -5.49. The van der Waals surface area contributed by atoms with Crippen molar-refractivity contribution in [2.24, 2.45) is 0 Å². The van der Waals surface area contributed by atoms with E-state index in [0.29, 0.717) is 29.8 Å². The molecule has 0 unspecified atom stereocenters. The molecule has 3 rings (SSSR count). The van der Waals surface area contributed by atoms with E-state index in [9.17, 15) is 18.0 Å². The molecule has 0 aliphatic rings. The predicted octanol–water partition coefficient (Wildman–Crippen LogP) is 6.53. The molecular weight excluding hydrogens is 461 g/mol. The van der Waals surface area contributed by atoms with Gasteiger partial charge in [0.15, 0.2) is 29.0 Å². The maximum atomic E-state index is 14.1. The van der Waals surface area contributed by atoms with Crippen molar-refractivity contribution in [2.45, 2.75) is 45.4 Å². The Morgan fingerprint density at radius 2 is 1.54 bits per heavy atom. The fraction of sp³-hybridized carbons (Fsp3) is 0.346. The van der Waals surface area contributed by atoms with Crippen LogP contribution in [0.5, 0.6) is 17.2 Å². The van der Waals surface area contributed by atoms with E-state index in [2.05, 4.69) is 21.6 Å². The van der Waals surface area contributed by atoms with Crippen molar-refractivity contribution in [3.63, 3.8) is 0 Å². The third-order valence-electron chi connectivity index (χ3n) is 5.26. The summed E-state index contributed by atoms with van der Waals surface area (Å²) in [6.07, 6.45) is 10.2. The fourth-order valence-corrected chi connectivity index (χ4v) is 3.36. The number of benzene rings is 2. The first-order chi connectivity index (χ1) is 16.9. The molecular formula is C26H27F3N2O4. The van der Waals surface area contributed by atoms with Crippen LogP contribution in [0.3, 0.4) is 0 Å². The molecule has 1 aromatic heterocycles. The van der Waals surface area contributed by atoms with E-state index >= 15 is 0 Å². The Bertz CT molecular complexity index is 1120. The van der Waals surface area contributed by atoms with Crippen molar-refractivity contribution in [3.05, 3.63) is 65.7 Å². The Labute approximate surface area is 202 Å². The second-order valence-electron chi connectivity index (χ2n) is 7.84. The fourth-order valence-electron chi connectivity index (χ4n) is 3.36. The molecule has 0 spiro atoms. The van der Waals surface area contributed by atoms with Crippen molar-refractivity contribution in [1.82, 2.24) is 9.97 Å². The molecule has 0 fully saturated rings. The summed E-state index contributed by atoms with van der Waals surface area (Å²) < 4.78 is 57.0. The quantitative estimate of drug-likeness (QED) is 0.125. The van der Waals surface area contributed by atoms with E-state index < -0.39 is 34.7 Å². The van der Waals surface area contributed by atoms with Crippen LogP contribution in [0.4, 0.5) is 13.2 Å². The van der Waals surface area contributed by atoms with Crippen LogP contribution in [0.15, 0.2) is 42.7 Å². The van der Waals surface area contributed by atoms with E-state index in [1.807, 2.05) is 0 Å². The van der Waals surface area contributed by atoms with Gasteiger partial charge in [0.25, 0.3) is 0 Å². The minimum atomic E-state index is -1.61. The highest BCUT2D eigenvalue weighted by Crippen LogP contribution is 2.28. The Kier molecular flexibility index (Phi) is 9.46. The monoisotopic (exact) mass is 488 g/mol. The molecule has 0 saturated carbocycles. The van der Waals surface area contributed by atoms with Gasteiger partial charge in [0.05, 0.1) is 26.1 Å². The van der Waals surface area contributed by atoms with Crippen LogP contribution in [0.25, 0.3) is 11.4 Å². The number of aromatic nitrogens is 2. The summed E-state index contributed by atoms with van der Waals surface area (Å²) in [7, 11) is 0.987. The highest BCUT2D eigenvalue weighted by atomic mass is 19.2. The van der Waals surface area contributed by atoms with Gasteiger partial charge in [-0.3, -0.25) is 0 Å². The topological polar surface area (TPSA) is 70.5 Å². The molecule has 0 atom stereocenters. The molecule has 0 amide bonds. The Morgan fingerprint density at radius 3 is 2.20 bits per heavy atom. The Hall–Kier alpha value is -3.62. The lowest BCUT2D eigenvalue weighted by Gasteiger charge is -2.09. The Morgan fingerprint density at radius 1 is 0.886 bits per heavy atom. The summed E-state index contributed by atoms with van der Waals surface area (Å²) in [6.45, 7) is 2.80. The number of carbonyl (C=O) groups excluding carboxylic acids is 1. The summed E-state index contributed by atoms with van der Waals surface area (Å²) in [6, 6.07) is 6.60. The molecule has 1 heterocycles. The number of ether oxygens (including phenoxy) is 3. The van der Waals surface area contributed by atoms with Gasteiger partial charge in [-0.25, -0.2) is 23.5 Å². The van der Waals surface area contributed by atoms with Gasteiger partial charge in [0.2, 0.25) is 5.82 Å². The van der Waals surface area contributed by atoms with E-state index in [0.717, 1.165) is 20.0 Å². The van der Waals surface area contributed by atoms with E-state index in [4.69, 9.17) is 9.47 Å². The van der Waals surface area contributed by atoms with Crippen molar-refractivity contribution in [3.8, 4) is 28.6 Å². The molecule has 0 N–H and O–H groups in total. The molecule has 2 aromatic carbocycles. The predicted molar refractivity (Wildman–Crippen MR) is 124 cm³/mol. The number of nitrogens with zero attached hydrogens (tertiary/aromatic N) is 2. The third-order valence-corrected chi connectivity index (χ3v) is 5.26. The van der Waals surface area contributed by atoms with Gasteiger partial charge < -0.3 is 14.2 Å². The highest BCUT2D eigenvalue weighted by Gasteiger charge is 2.25. The molecule has 0 aliphatic carbocycles. The zero-order valence-corrected chi connectivity index (χ0v) is 19.7. The average molecular weight is 489 g/mol. The van der Waals surface area contributed by atoms with Crippen LogP contribution in [-0.2, 0) is 0 Å². The van der Waals surface area contributed by atoms with Gasteiger partial charge in [-0.05, 0) is 36.8 Å². The van der Waals surface area contributed by atoms with Crippen LogP contribution >= 0.6 is 0 Å². The Balaban J connectivity index is 1.56. The lowest BCUT2D eigenvalue weighted by Crippen LogP contribution is -2.13. The standard InChI is InChI=1S/C26H27F3N2O4/c1-3-4-5-6-7-8-13-34-19-15-30-25(31-16-19)17-9-11-18(12-10-17)35-26(32)20-14-21(27)24(33-2)23(29)22(20)28/h9-12,14-16H,3-8,13H2,1-2H3. The lowest BCUT2D eigenvalue weighted by atomic mass is 10.1. The van der Waals surface area contributed by atoms with E-state index in [1.165, 1.54) is 37.8 Å². The molecule has 6 nitrogen and oxygen atoms in total. The van der Waals surface area contributed by atoms with Gasteiger partial charge in [-0.2, -0.15) is 4.39 Å². The van der Waals surface area contributed by atoms with Crippen LogP contribution in [0.1, 0.15) is 55.8 Å². The van der Waals surface area contributed by atoms with Crippen molar-refractivity contribution in [2.75, 3.05) is 13.7 Å². The van der Waals surface area contributed by atoms with Crippen LogP contribution in [-0.4, -0.2) is 29.7 Å². The molecule has 186 valence electrons. The molecule has 9 heteroatoms. The van der Waals surface area contributed by atoms with Crippen LogP contribution in [0.2, 0.25) is 0 Å². The highest BCUT2D eigenvalue weighted by molar-refractivity contribution is 5.91. The first kappa shape index (κ1) is 26.0. The summed E-state index contributed by atoms with van der Waals surface area (Å²) in [5.41, 5.74) is -0.246. The summed E-state index contributed by atoms with van der Waals surface area (Å²) >= 11 is 0. The zero-order chi connectivity index (χ0) is 25.2. The van der Waals surface area contributed by atoms with Gasteiger partial charge in [-0.15, -0.1) is 0 Å². The second kappa shape index (κ2) is 12.7. The van der Waals surface area contributed by atoms with E-state index in [1.54, 1.807) is 24.5 Å². The number of hydrogen-bond donors (Lipinski definition) is 0. The molecule has 0 aliphatic heterocycles. The molecule has 0 saturated heterocycles. The number of esters is 1. The minimum Gasteiger partial charge on any atom is -0.491 e. The first-order valence-corrected chi connectivity index (χ1v) is 11.4. The third kappa shape index (κ3) is 6.94. The molecule has 35 heavy (non-hydrogen) atoms. The minimum absolute atomic E-state index is 0.0497. The zero-order valence-electron chi connectivity index (χ0n) is 19.7. The first-order valence-electron chi connectivity index (χ1n) is 11.4. The van der Waals surface area contributed by atoms with Gasteiger partial charge in [0.1, 0.15) is 11.3 Å². The average Bonchev–Trinajstić information content (AvgIpc) is 2.87. The molecule has 0 radical (unpaired) electrons. The number of methoxy groups -OCH3 is 1. The van der Waals surface area contributed by atoms with Gasteiger partial charge in [0, 0.05) is 5.56 Å².